The van der Waals surface area contributed by atoms with Gasteiger partial charge >= 0.3 is 13.8 Å². The van der Waals surface area contributed by atoms with Gasteiger partial charge in [0.1, 0.15) is 6.10 Å². The number of phosphoric ester groups is 1. The molecule has 0 aliphatic carbocycles. The molecule has 58 heavy (non-hydrogen) atoms. The molecular weight excluding hydrogens is 746 g/mol. The molecule has 9 heteroatoms. The van der Waals surface area contributed by atoms with E-state index in [2.05, 4.69) is 98.9 Å². The van der Waals surface area contributed by atoms with Gasteiger partial charge in [0, 0.05) is 19.6 Å². The van der Waals surface area contributed by atoms with Crippen molar-refractivity contribution in [1.82, 2.24) is 0 Å². The Morgan fingerprint density at radius 2 is 0.966 bits per heavy atom. The number of hydrogen-bond donors (Lipinski definition) is 2. The number of phosphoric acid groups is 1. The zero-order valence-corrected chi connectivity index (χ0v) is 37.9. The molecule has 2 unspecified atom stereocenters. The van der Waals surface area contributed by atoms with Crippen LogP contribution in [0.4, 0.5) is 0 Å². The van der Waals surface area contributed by atoms with Gasteiger partial charge in [0.25, 0.3) is 0 Å². The second kappa shape index (κ2) is 45.8. The average Bonchev–Trinajstić information content (AvgIpc) is 3.21. The summed E-state index contributed by atoms with van der Waals surface area (Å²) in [5.41, 5.74) is 5.37. The number of carbonyl (C=O) groups is 1. The molecule has 0 fully saturated rings. The van der Waals surface area contributed by atoms with Crippen LogP contribution in [0, 0.1) is 0 Å². The van der Waals surface area contributed by atoms with Gasteiger partial charge in [0.05, 0.1) is 19.8 Å². The number of carbonyl (C=O) groups excluding carboxylic acids is 1. The summed E-state index contributed by atoms with van der Waals surface area (Å²) in [5, 5.41) is 0. The standard InChI is InChI=1S/C49H86NO7P/c1-3-5-7-9-11-13-15-17-19-21-23-24-25-26-28-30-32-34-36-38-40-42-49(51)57-48(47-56-58(52,53)55-45-43-50)46-54-44-41-39-37-35-33-31-29-27-22-20-18-16-14-12-10-8-6-4-2/h6,8,12,14-15,17-18,20-21,23,25-27,29,48H,3-5,7,9-11,13,16,19,22,24,28,30-47,50H2,1-2H3,(H,52,53)/b8-6-,14-12-,17-15-,20-18-,23-21-,26-25-,29-27-. The van der Waals surface area contributed by atoms with Crippen LogP contribution in [0.2, 0.25) is 0 Å². The number of nitrogens with two attached hydrogens (primary N) is 1. The molecular formula is C49H86NO7P. The number of unbranched alkanes of at least 4 members (excludes halogenated alkanes) is 16. The SMILES string of the molecule is CC/C=C\C/C=C\C/C=C\C/C=C\CCCCCCCOCC(COP(=O)(O)OCCN)OC(=O)CCCCCCCC/C=C\C/C=C\C/C=C\CCCCCCC. The second-order valence-electron chi connectivity index (χ2n) is 14.9. The Bertz CT molecular complexity index is 1160. The Morgan fingerprint density at radius 1 is 0.534 bits per heavy atom. The van der Waals surface area contributed by atoms with Gasteiger partial charge in [0.15, 0.2) is 0 Å². The van der Waals surface area contributed by atoms with Crippen molar-refractivity contribution in [2.75, 3.05) is 33.0 Å². The van der Waals surface area contributed by atoms with E-state index in [0.29, 0.717) is 13.0 Å². The van der Waals surface area contributed by atoms with Crippen LogP contribution in [0.25, 0.3) is 0 Å². The van der Waals surface area contributed by atoms with Crippen molar-refractivity contribution in [3.05, 3.63) is 85.1 Å². The van der Waals surface area contributed by atoms with Gasteiger partial charge in [-0.3, -0.25) is 13.8 Å². The van der Waals surface area contributed by atoms with E-state index in [1.54, 1.807) is 0 Å². The summed E-state index contributed by atoms with van der Waals surface area (Å²) in [6.45, 7) is 4.72. The van der Waals surface area contributed by atoms with Crippen LogP contribution in [0.1, 0.15) is 181 Å². The number of allylic oxidation sites excluding steroid dienone is 14. The third-order valence-corrected chi connectivity index (χ3v) is 10.3. The maximum atomic E-state index is 12.6. The molecule has 0 heterocycles. The molecule has 0 bridgehead atoms. The molecule has 0 radical (unpaired) electrons. The zero-order valence-electron chi connectivity index (χ0n) is 37.0. The fraction of sp³-hybridized carbons (Fsp3) is 0.694. The first-order chi connectivity index (χ1) is 28.4. The molecule has 0 aromatic carbocycles. The quantitative estimate of drug-likeness (QED) is 0.0270. The van der Waals surface area contributed by atoms with Crippen molar-refractivity contribution >= 4 is 13.8 Å². The summed E-state index contributed by atoms with van der Waals surface area (Å²) < 4.78 is 33.5. The van der Waals surface area contributed by atoms with Crippen LogP contribution in [-0.2, 0) is 27.9 Å². The number of ether oxygens (including phenoxy) is 2. The van der Waals surface area contributed by atoms with Gasteiger partial charge in [-0.05, 0) is 89.9 Å². The zero-order chi connectivity index (χ0) is 42.3. The summed E-state index contributed by atoms with van der Waals surface area (Å²) in [4.78, 5) is 22.5. The first kappa shape index (κ1) is 55.7. The monoisotopic (exact) mass is 832 g/mol. The highest BCUT2D eigenvalue weighted by molar-refractivity contribution is 7.47. The molecule has 0 saturated carbocycles. The van der Waals surface area contributed by atoms with E-state index in [1.165, 1.54) is 64.2 Å². The molecule has 0 spiro atoms. The summed E-state index contributed by atoms with van der Waals surface area (Å²) in [5.74, 6) is -0.353. The van der Waals surface area contributed by atoms with Crippen LogP contribution in [0.5, 0.6) is 0 Å². The van der Waals surface area contributed by atoms with E-state index >= 15 is 0 Å². The minimum atomic E-state index is -4.29. The third-order valence-electron chi connectivity index (χ3n) is 9.30. The van der Waals surface area contributed by atoms with Gasteiger partial charge < -0.3 is 20.1 Å². The third kappa shape index (κ3) is 44.8. The van der Waals surface area contributed by atoms with Crippen molar-refractivity contribution in [3.63, 3.8) is 0 Å². The lowest BCUT2D eigenvalue weighted by Crippen LogP contribution is -2.28. The van der Waals surface area contributed by atoms with Crippen molar-refractivity contribution in [1.29, 1.82) is 0 Å². The van der Waals surface area contributed by atoms with E-state index in [-0.39, 0.29) is 32.3 Å². The highest BCUT2D eigenvalue weighted by atomic mass is 31.2. The molecule has 0 aromatic rings. The van der Waals surface area contributed by atoms with Crippen LogP contribution in [0.3, 0.4) is 0 Å². The van der Waals surface area contributed by atoms with Gasteiger partial charge in [-0.1, -0.05) is 170 Å². The summed E-state index contributed by atoms with van der Waals surface area (Å²) in [6.07, 6.45) is 58.9. The van der Waals surface area contributed by atoms with Crippen LogP contribution < -0.4 is 5.73 Å². The maximum Gasteiger partial charge on any atom is 0.472 e. The minimum Gasteiger partial charge on any atom is -0.457 e. The first-order valence-electron chi connectivity index (χ1n) is 23.1. The van der Waals surface area contributed by atoms with Gasteiger partial charge in [-0.2, -0.15) is 0 Å². The molecule has 0 aromatic heterocycles. The normalized spacial score (nSPS) is 14.2. The molecule has 0 aliphatic heterocycles. The van der Waals surface area contributed by atoms with Gasteiger partial charge in [-0.15, -0.1) is 0 Å². The average molecular weight is 832 g/mol. The lowest BCUT2D eigenvalue weighted by Gasteiger charge is -2.20. The molecule has 2 atom stereocenters. The lowest BCUT2D eigenvalue weighted by atomic mass is 10.1. The number of hydrogen-bond acceptors (Lipinski definition) is 7. The molecule has 0 rings (SSSR count). The highest BCUT2D eigenvalue weighted by Crippen LogP contribution is 2.43. The Morgan fingerprint density at radius 3 is 1.45 bits per heavy atom. The second-order valence-corrected chi connectivity index (χ2v) is 16.3. The van der Waals surface area contributed by atoms with Crippen LogP contribution in [-0.4, -0.2) is 49.9 Å². The molecule has 0 amide bonds. The van der Waals surface area contributed by atoms with Crippen LogP contribution >= 0.6 is 7.82 Å². The minimum absolute atomic E-state index is 0.0898. The van der Waals surface area contributed by atoms with E-state index in [0.717, 1.165) is 96.3 Å². The fourth-order valence-electron chi connectivity index (χ4n) is 5.93. The van der Waals surface area contributed by atoms with Crippen LogP contribution in [0.15, 0.2) is 85.1 Å². The predicted octanol–water partition coefficient (Wildman–Crippen LogP) is 14.1. The Hall–Kier alpha value is -2.32. The van der Waals surface area contributed by atoms with E-state index in [1.807, 2.05) is 0 Å². The molecule has 3 N–H and O–H groups in total. The summed E-state index contributed by atoms with van der Waals surface area (Å²) in [6, 6.07) is 0. The Kier molecular flexibility index (Phi) is 43.9. The van der Waals surface area contributed by atoms with Gasteiger partial charge in [-0.25, -0.2) is 4.57 Å². The fourth-order valence-corrected chi connectivity index (χ4v) is 6.70. The van der Waals surface area contributed by atoms with E-state index < -0.39 is 13.9 Å². The summed E-state index contributed by atoms with van der Waals surface area (Å²) >= 11 is 0. The Labute approximate surface area is 356 Å². The van der Waals surface area contributed by atoms with E-state index in [4.69, 9.17) is 24.3 Å². The maximum absolute atomic E-state index is 12.6. The smallest absolute Gasteiger partial charge is 0.457 e. The largest absolute Gasteiger partial charge is 0.472 e. The Balaban J connectivity index is 4.09. The highest BCUT2D eigenvalue weighted by Gasteiger charge is 2.25. The molecule has 0 saturated heterocycles. The topological polar surface area (TPSA) is 117 Å². The lowest BCUT2D eigenvalue weighted by molar-refractivity contribution is -0.154. The predicted molar refractivity (Wildman–Crippen MR) is 247 cm³/mol. The van der Waals surface area contributed by atoms with Crippen molar-refractivity contribution < 1.29 is 32.8 Å². The van der Waals surface area contributed by atoms with Crippen molar-refractivity contribution in [2.24, 2.45) is 5.73 Å². The molecule has 8 nitrogen and oxygen atoms in total. The van der Waals surface area contributed by atoms with E-state index in [9.17, 15) is 14.3 Å². The number of esters is 1. The van der Waals surface area contributed by atoms with Crippen molar-refractivity contribution in [3.8, 4) is 0 Å². The number of rotatable bonds is 43. The summed E-state index contributed by atoms with van der Waals surface area (Å²) in [7, 11) is -4.29. The molecule has 0 aliphatic rings. The van der Waals surface area contributed by atoms with Gasteiger partial charge in [0.2, 0.25) is 0 Å². The van der Waals surface area contributed by atoms with Crippen molar-refractivity contribution in [2.45, 2.75) is 187 Å². The molecule has 334 valence electrons. The first-order valence-corrected chi connectivity index (χ1v) is 24.6.